The fourth-order valence-corrected chi connectivity index (χ4v) is 2.47. The number of aromatic nitrogens is 1. The average Bonchev–Trinajstić information content (AvgIpc) is 3.10. The molecule has 2 aromatic carbocycles. The van der Waals surface area contributed by atoms with Crippen LogP contribution in [0.15, 0.2) is 60.0 Å². The van der Waals surface area contributed by atoms with Crippen LogP contribution in [0.2, 0.25) is 0 Å². The Labute approximate surface area is 142 Å². The molecule has 0 unspecified atom stereocenters. The summed E-state index contributed by atoms with van der Waals surface area (Å²) in [6.07, 6.45) is 0. The third-order valence-electron chi connectivity index (χ3n) is 2.67. The molecule has 0 saturated carbocycles. The van der Waals surface area contributed by atoms with Gasteiger partial charge in [0.2, 0.25) is 0 Å². The highest BCUT2D eigenvalue weighted by atomic mass is 32.1. The lowest BCUT2D eigenvalue weighted by Gasteiger charge is -2.01. The third kappa shape index (κ3) is 5.83. The molecule has 1 heterocycles. The summed E-state index contributed by atoms with van der Waals surface area (Å²) < 4.78 is 12.8. The third-order valence-corrected chi connectivity index (χ3v) is 3.43. The summed E-state index contributed by atoms with van der Waals surface area (Å²) >= 11 is 1.53. The van der Waals surface area contributed by atoms with Crippen molar-refractivity contribution < 1.29 is 4.39 Å². The Morgan fingerprint density at radius 1 is 0.870 bits per heavy atom. The average molecular weight is 330 g/mol. The molecule has 122 valence electrons. The van der Waals surface area contributed by atoms with Crippen molar-refractivity contribution in [3.8, 4) is 11.3 Å². The van der Waals surface area contributed by atoms with Crippen LogP contribution in [-0.2, 0) is 0 Å². The quantitative estimate of drug-likeness (QED) is 0.575. The monoisotopic (exact) mass is 330 g/mol. The zero-order valence-corrected chi connectivity index (χ0v) is 14.8. The van der Waals surface area contributed by atoms with E-state index in [1.807, 2.05) is 63.4 Å². The van der Waals surface area contributed by atoms with Crippen LogP contribution in [0.3, 0.4) is 0 Å². The normalized spacial score (nSPS) is 9.09. The number of rotatable bonds is 3. The standard InChI is InChI=1S/C15H11FN2S.2C2H6/c16-12-6-8-13(9-7-12)17-15-18-14(10-19-15)11-4-2-1-3-5-11;2*1-2/h1-10H,(H,17,18);2*1-2H3. The van der Waals surface area contributed by atoms with E-state index in [1.165, 1.54) is 23.5 Å². The number of benzene rings is 2. The van der Waals surface area contributed by atoms with E-state index in [1.54, 1.807) is 12.1 Å². The molecule has 1 aromatic heterocycles. The van der Waals surface area contributed by atoms with Gasteiger partial charge in [0, 0.05) is 16.6 Å². The van der Waals surface area contributed by atoms with Gasteiger partial charge in [-0.3, -0.25) is 0 Å². The summed E-state index contributed by atoms with van der Waals surface area (Å²) in [5.74, 6) is -0.241. The SMILES string of the molecule is CC.CC.Fc1ccc(Nc2nc(-c3ccccc3)cs2)cc1. The van der Waals surface area contributed by atoms with Gasteiger partial charge in [0.25, 0.3) is 0 Å². The second-order valence-corrected chi connectivity index (χ2v) is 4.89. The van der Waals surface area contributed by atoms with Crippen molar-refractivity contribution in [2.45, 2.75) is 27.7 Å². The molecule has 3 rings (SSSR count). The Morgan fingerprint density at radius 2 is 1.48 bits per heavy atom. The van der Waals surface area contributed by atoms with Gasteiger partial charge in [-0.15, -0.1) is 11.3 Å². The molecule has 0 saturated heterocycles. The maximum Gasteiger partial charge on any atom is 0.187 e. The van der Waals surface area contributed by atoms with Crippen LogP contribution in [0.5, 0.6) is 0 Å². The van der Waals surface area contributed by atoms with E-state index in [4.69, 9.17) is 0 Å². The zero-order valence-electron chi connectivity index (χ0n) is 14.0. The first-order chi connectivity index (χ1) is 11.3. The molecule has 0 amide bonds. The van der Waals surface area contributed by atoms with Gasteiger partial charge >= 0.3 is 0 Å². The number of anilines is 2. The zero-order chi connectivity index (χ0) is 17.1. The maximum absolute atomic E-state index is 12.8. The van der Waals surface area contributed by atoms with Gasteiger partial charge in [-0.05, 0) is 24.3 Å². The molecule has 4 heteroatoms. The van der Waals surface area contributed by atoms with Crippen molar-refractivity contribution in [2.75, 3.05) is 5.32 Å². The van der Waals surface area contributed by atoms with Gasteiger partial charge in [-0.2, -0.15) is 0 Å². The first-order valence-electron chi connectivity index (χ1n) is 7.85. The predicted molar refractivity (Wildman–Crippen MR) is 99.9 cm³/mol. The molecule has 3 aromatic rings. The number of nitrogens with zero attached hydrogens (tertiary/aromatic N) is 1. The van der Waals surface area contributed by atoms with Crippen LogP contribution in [-0.4, -0.2) is 4.98 Å². The molecule has 0 fully saturated rings. The van der Waals surface area contributed by atoms with Crippen molar-refractivity contribution in [3.63, 3.8) is 0 Å². The molecule has 0 atom stereocenters. The van der Waals surface area contributed by atoms with Crippen LogP contribution < -0.4 is 5.32 Å². The fourth-order valence-electron chi connectivity index (χ4n) is 1.73. The second kappa shape index (κ2) is 10.5. The van der Waals surface area contributed by atoms with Crippen LogP contribution in [0.1, 0.15) is 27.7 Å². The highest BCUT2D eigenvalue weighted by Crippen LogP contribution is 2.26. The van der Waals surface area contributed by atoms with E-state index < -0.39 is 0 Å². The van der Waals surface area contributed by atoms with Gasteiger partial charge in [0.15, 0.2) is 5.13 Å². The van der Waals surface area contributed by atoms with Crippen LogP contribution in [0.4, 0.5) is 15.2 Å². The Morgan fingerprint density at radius 3 is 2.09 bits per heavy atom. The van der Waals surface area contributed by atoms with Gasteiger partial charge in [-0.25, -0.2) is 9.37 Å². The number of hydrogen-bond donors (Lipinski definition) is 1. The molecule has 0 radical (unpaired) electrons. The molecule has 0 spiro atoms. The summed E-state index contributed by atoms with van der Waals surface area (Å²) in [6.45, 7) is 8.00. The molecule has 0 aliphatic heterocycles. The van der Waals surface area contributed by atoms with Crippen molar-refractivity contribution in [2.24, 2.45) is 0 Å². The van der Waals surface area contributed by atoms with Crippen LogP contribution >= 0.6 is 11.3 Å². The molecule has 0 bridgehead atoms. The van der Waals surface area contributed by atoms with Crippen molar-refractivity contribution >= 4 is 22.2 Å². The summed E-state index contributed by atoms with van der Waals surface area (Å²) in [7, 11) is 0. The largest absolute Gasteiger partial charge is 0.332 e. The maximum atomic E-state index is 12.8. The first kappa shape index (κ1) is 18.8. The molecule has 1 N–H and O–H groups in total. The highest BCUT2D eigenvalue weighted by molar-refractivity contribution is 7.14. The number of hydrogen-bond acceptors (Lipinski definition) is 3. The van der Waals surface area contributed by atoms with Gasteiger partial charge in [0.05, 0.1) is 5.69 Å². The Bertz CT molecular complexity index is 663. The Balaban J connectivity index is 0.000000615. The summed E-state index contributed by atoms with van der Waals surface area (Å²) in [6, 6.07) is 16.2. The van der Waals surface area contributed by atoms with E-state index in [0.717, 1.165) is 22.1 Å². The smallest absolute Gasteiger partial charge is 0.187 e. The fraction of sp³-hybridized carbons (Fsp3) is 0.211. The molecule has 0 aliphatic carbocycles. The van der Waals surface area contributed by atoms with Gasteiger partial charge < -0.3 is 5.32 Å². The predicted octanol–water partition coefficient (Wildman–Crippen LogP) is 6.75. The topological polar surface area (TPSA) is 24.9 Å². The number of halogens is 1. The Hall–Kier alpha value is -2.20. The lowest BCUT2D eigenvalue weighted by atomic mass is 10.2. The second-order valence-electron chi connectivity index (χ2n) is 4.04. The lowest BCUT2D eigenvalue weighted by molar-refractivity contribution is 0.628. The summed E-state index contributed by atoms with van der Waals surface area (Å²) in [4.78, 5) is 4.51. The molecular formula is C19H23FN2S. The lowest BCUT2D eigenvalue weighted by Crippen LogP contribution is -1.89. The van der Waals surface area contributed by atoms with Gasteiger partial charge in [-0.1, -0.05) is 58.0 Å². The van der Waals surface area contributed by atoms with E-state index in [9.17, 15) is 4.39 Å². The Kier molecular flexibility index (Phi) is 8.62. The highest BCUT2D eigenvalue weighted by Gasteiger charge is 2.04. The summed E-state index contributed by atoms with van der Waals surface area (Å²) in [5, 5.41) is 5.96. The van der Waals surface area contributed by atoms with E-state index >= 15 is 0 Å². The van der Waals surface area contributed by atoms with Crippen molar-refractivity contribution in [3.05, 3.63) is 65.8 Å². The minimum Gasteiger partial charge on any atom is -0.332 e. The van der Waals surface area contributed by atoms with E-state index in [2.05, 4.69) is 10.3 Å². The van der Waals surface area contributed by atoms with Crippen molar-refractivity contribution in [1.82, 2.24) is 4.98 Å². The first-order valence-corrected chi connectivity index (χ1v) is 8.73. The summed E-state index contributed by atoms with van der Waals surface area (Å²) in [5.41, 5.74) is 2.86. The van der Waals surface area contributed by atoms with Crippen molar-refractivity contribution in [1.29, 1.82) is 0 Å². The molecular weight excluding hydrogens is 307 g/mol. The van der Waals surface area contributed by atoms with Crippen LogP contribution in [0, 0.1) is 5.82 Å². The van der Waals surface area contributed by atoms with E-state index in [-0.39, 0.29) is 5.82 Å². The van der Waals surface area contributed by atoms with Crippen LogP contribution in [0.25, 0.3) is 11.3 Å². The molecule has 2 nitrogen and oxygen atoms in total. The minimum atomic E-state index is -0.241. The molecule has 23 heavy (non-hydrogen) atoms. The molecule has 0 aliphatic rings. The van der Waals surface area contributed by atoms with E-state index in [0.29, 0.717) is 0 Å². The number of nitrogens with one attached hydrogen (secondary N) is 1. The minimum absolute atomic E-state index is 0.241. The number of thiazole rings is 1. The van der Waals surface area contributed by atoms with Gasteiger partial charge in [0.1, 0.15) is 5.82 Å².